The van der Waals surface area contributed by atoms with Gasteiger partial charge in [0.1, 0.15) is 5.82 Å². The number of aromatic nitrogens is 2. The predicted octanol–water partition coefficient (Wildman–Crippen LogP) is 2.69. The molecule has 2 rings (SSSR count). The van der Waals surface area contributed by atoms with Crippen LogP contribution in [-0.2, 0) is 13.6 Å². The average molecular weight is 295 g/mol. The van der Waals surface area contributed by atoms with Crippen LogP contribution in [0.3, 0.4) is 0 Å². The number of nitrogens with two attached hydrogens (primary N) is 1. The fraction of sp³-hybridized carbons (Fsp3) is 0.250. The second-order valence-electron chi connectivity index (χ2n) is 4.04. The maximum Gasteiger partial charge on any atom is 0.124 e. The smallest absolute Gasteiger partial charge is 0.124 e. The Morgan fingerprint density at radius 2 is 2.12 bits per heavy atom. The Balaban J connectivity index is 2.09. The lowest BCUT2D eigenvalue weighted by Crippen LogP contribution is -2.05. The lowest BCUT2D eigenvalue weighted by Gasteiger charge is -2.07. The number of halogens is 1. The van der Waals surface area contributed by atoms with Gasteiger partial charge in [-0.05, 0) is 30.7 Å². The van der Waals surface area contributed by atoms with Crippen LogP contribution in [0.5, 0.6) is 0 Å². The molecule has 0 aliphatic rings. The van der Waals surface area contributed by atoms with Crippen molar-refractivity contribution < 1.29 is 0 Å². The normalized spacial score (nSPS) is 10.5. The van der Waals surface area contributed by atoms with Crippen molar-refractivity contribution in [1.29, 1.82) is 0 Å². The first-order valence-corrected chi connectivity index (χ1v) is 6.13. The number of hydrogen-bond donors (Lipinski definition) is 2. The van der Waals surface area contributed by atoms with Crippen LogP contribution in [0.4, 0.5) is 11.5 Å². The maximum absolute atomic E-state index is 5.79. The summed E-state index contributed by atoms with van der Waals surface area (Å²) < 4.78 is 2.83. The topological polar surface area (TPSA) is 55.9 Å². The van der Waals surface area contributed by atoms with E-state index in [0.29, 0.717) is 0 Å². The molecular formula is C12H15BrN4. The summed E-state index contributed by atoms with van der Waals surface area (Å²) in [4.78, 5) is 0. The van der Waals surface area contributed by atoms with Crippen molar-refractivity contribution >= 4 is 27.4 Å². The van der Waals surface area contributed by atoms with Crippen molar-refractivity contribution in [3.63, 3.8) is 0 Å². The summed E-state index contributed by atoms with van der Waals surface area (Å²) >= 11 is 3.43. The Labute approximate surface area is 109 Å². The summed E-state index contributed by atoms with van der Waals surface area (Å²) in [5.41, 5.74) is 8.69. The van der Waals surface area contributed by atoms with Crippen molar-refractivity contribution in [2.24, 2.45) is 7.05 Å². The molecule has 1 aromatic heterocycles. The molecule has 1 heterocycles. The van der Waals surface area contributed by atoms with Crippen LogP contribution in [0.1, 0.15) is 11.3 Å². The zero-order valence-corrected chi connectivity index (χ0v) is 11.5. The standard InChI is InChI=1S/C12H15BrN4/c1-8-3-12(17(2)16-8)15-7-9-4-10(13)6-11(14)5-9/h3-6,15H,7,14H2,1-2H3. The van der Waals surface area contributed by atoms with E-state index < -0.39 is 0 Å². The molecule has 0 fully saturated rings. The number of nitrogens with zero attached hydrogens (tertiary/aromatic N) is 2. The molecule has 1 aromatic carbocycles. The summed E-state index contributed by atoms with van der Waals surface area (Å²) in [5, 5.41) is 7.61. The summed E-state index contributed by atoms with van der Waals surface area (Å²) in [6, 6.07) is 7.91. The van der Waals surface area contributed by atoms with E-state index in [1.165, 1.54) is 0 Å². The molecular weight excluding hydrogens is 280 g/mol. The fourth-order valence-corrected chi connectivity index (χ4v) is 2.30. The number of hydrogen-bond acceptors (Lipinski definition) is 3. The van der Waals surface area contributed by atoms with Gasteiger partial charge in [0, 0.05) is 29.8 Å². The third kappa shape index (κ3) is 3.00. The molecule has 4 nitrogen and oxygen atoms in total. The first kappa shape index (κ1) is 12.0. The Kier molecular flexibility index (Phi) is 3.38. The van der Waals surface area contributed by atoms with E-state index in [-0.39, 0.29) is 0 Å². The first-order chi connectivity index (χ1) is 8.04. The fourth-order valence-electron chi connectivity index (χ4n) is 1.75. The molecule has 17 heavy (non-hydrogen) atoms. The molecule has 0 bridgehead atoms. The highest BCUT2D eigenvalue weighted by molar-refractivity contribution is 9.10. The van der Waals surface area contributed by atoms with Gasteiger partial charge in [-0.2, -0.15) is 5.10 Å². The van der Waals surface area contributed by atoms with Crippen molar-refractivity contribution in [1.82, 2.24) is 9.78 Å². The molecule has 0 saturated heterocycles. The zero-order chi connectivity index (χ0) is 12.4. The van der Waals surface area contributed by atoms with Crippen LogP contribution < -0.4 is 11.1 Å². The van der Waals surface area contributed by atoms with E-state index in [9.17, 15) is 0 Å². The molecule has 5 heteroatoms. The Bertz CT molecular complexity index is 513. The van der Waals surface area contributed by atoms with Gasteiger partial charge >= 0.3 is 0 Å². The summed E-state index contributed by atoms with van der Waals surface area (Å²) in [6.07, 6.45) is 0. The van der Waals surface area contributed by atoms with Gasteiger partial charge in [0.25, 0.3) is 0 Å². The lowest BCUT2D eigenvalue weighted by atomic mass is 10.2. The Hall–Kier alpha value is -1.49. The SMILES string of the molecule is Cc1cc(NCc2cc(N)cc(Br)c2)n(C)n1. The highest BCUT2D eigenvalue weighted by Gasteiger charge is 2.02. The minimum absolute atomic E-state index is 0.725. The number of rotatable bonds is 3. The second-order valence-corrected chi connectivity index (χ2v) is 4.96. The number of nitrogen functional groups attached to an aromatic ring is 1. The summed E-state index contributed by atoms with van der Waals surface area (Å²) in [6.45, 7) is 2.70. The highest BCUT2D eigenvalue weighted by Crippen LogP contribution is 2.18. The van der Waals surface area contributed by atoms with Gasteiger partial charge in [-0.1, -0.05) is 15.9 Å². The maximum atomic E-state index is 5.79. The number of nitrogens with one attached hydrogen (secondary N) is 1. The van der Waals surface area contributed by atoms with Gasteiger partial charge in [-0.15, -0.1) is 0 Å². The molecule has 0 aliphatic heterocycles. The van der Waals surface area contributed by atoms with Gasteiger partial charge in [0.2, 0.25) is 0 Å². The molecule has 0 amide bonds. The van der Waals surface area contributed by atoms with Gasteiger partial charge in [0.05, 0.1) is 5.69 Å². The molecule has 2 aromatic rings. The van der Waals surface area contributed by atoms with Crippen molar-refractivity contribution in [3.05, 3.63) is 40.0 Å². The van der Waals surface area contributed by atoms with Crippen LogP contribution in [0, 0.1) is 6.92 Å². The van der Waals surface area contributed by atoms with E-state index in [4.69, 9.17) is 5.73 Å². The highest BCUT2D eigenvalue weighted by atomic mass is 79.9. The van der Waals surface area contributed by atoms with Crippen LogP contribution in [0.25, 0.3) is 0 Å². The molecule has 0 unspecified atom stereocenters. The molecule has 0 spiro atoms. The Morgan fingerprint density at radius 1 is 1.35 bits per heavy atom. The van der Waals surface area contributed by atoms with Crippen molar-refractivity contribution in [2.75, 3.05) is 11.1 Å². The predicted molar refractivity (Wildman–Crippen MR) is 73.8 cm³/mol. The first-order valence-electron chi connectivity index (χ1n) is 5.34. The minimum atomic E-state index is 0.725. The molecule has 0 saturated carbocycles. The van der Waals surface area contributed by atoms with Crippen molar-refractivity contribution in [3.8, 4) is 0 Å². The third-order valence-electron chi connectivity index (χ3n) is 2.46. The van der Waals surface area contributed by atoms with E-state index >= 15 is 0 Å². The van der Waals surface area contributed by atoms with Gasteiger partial charge in [-0.25, -0.2) is 0 Å². The Morgan fingerprint density at radius 3 is 2.71 bits per heavy atom. The average Bonchev–Trinajstić information content (AvgIpc) is 2.53. The largest absolute Gasteiger partial charge is 0.399 e. The molecule has 3 N–H and O–H groups in total. The molecule has 0 aliphatic carbocycles. The van der Waals surface area contributed by atoms with Crippen LogP contribution in [0.15, 0.2) is 28.7 Å². The van der Waals surface area contributed by atoms with Crippen molar-refractivity contribution in [2.45, 2.75) is 13.5 Å². The van der Waals surface area contributed by atoms with Gasteiger partial charge in [-0.3, -0.25) is 4.68 Å². The second kappa shape index (κ2) is 4.79. The monoisotopic (exact) mass is 294 g/mol. The summed E-state index contributed by atoms with van der Waals surface area (Å²) in [7, 11) is 1.92. The number of aryl methyl sites for hydroxylation is 2. The van der Waals surface area contributed by atoms with Crippen LogP contribution >= 0.6 is 15.9 Å². The van der Waals surface area contributed by atoms with Gasteiger partial charge in [0.15, 0.2) is 0 Å². The third-order valence-corrected chi connectivity index (χ3v) is 2.91. The van der Waals surface area contributed by atoms with Gasteiger partial charge < -0.3 is 11.1 Å². The van der Waals surface area contributed by atoms with E-state index in [1.807, 2.05) is 42.9 Å². The zero-order valence-electron chi connectivity index (χ0n) is 9.87. The number of anilines is 2. The van der Waals surface area contributed by atoms with E-state index in [2.05, 4.69) is 26.3 Å². The molecule has 0 atom stereocenters. The van der Waals surface area contributed by atoms with E-state index in [1.54, 1.807) is 0 Å². The molecule has 0 radical (unpaired) electrons. The summed E-state index contributed by atoms with van der Waals surface area (Å²) in [5.74, 6) is 1.00. The minimum Gasteiger partial charge on any atom is -0.399 e. The van der Waals surface area contributed by atoms with E-state index in [0.717, 1.165) is 33.8 Å². The van der Waals surface area contributed by atoms with Crippen LogP contribution in [-0.4, -0.2) is 9.78 Å². The molecule has 90 valence electrons. The van der Waals surface area contributed by atoms with Crippen LogP contribution in [0.2, 0.25) is 0 Å². The number of benzene rings is 1. The lowest BCUT2D eigenvalue weighted by molar-refractivity contribution is 0.758. The quantitative estimate of drug-likeness (QED) is 0.856.